The van der Waals surface area contributed by atoms with Crippen LogP contribution < -0.4 is 0 Å². The number of fused-ring (bicyclic) bond motifs is 1. The van der Waals surface area contributed by atoms with Crippen molar-refractivity contribution in [2.75, 3.05) is 13.1 Å². The van der Waals surface area contributed by atoms with Gasteiger partial charge in [-0.2, -0.15) is 0 Å². The van der Waals surface area contributed by atoms with Crippen LogP contribution in [-0.4, -0.2) is 28.5 Å². The van der Waals surface area contributed by atoms with Gasteiger partial charge in [0.25, 0.3) is 0 Å². The lowest BCUT2D eigenvalue weighted by Crippen LogP contribution is -2.34. The molecule has 20 heavy (non-hydrogen) atoms. The molecule has 1 saturated heterocycles. The minimum absolute atomic E-state index is 0.222. The summed E-state index contributed by atoms with van der Waals surface area (Å²) in [7, 11) is 0. The zero-order chi connectivity index (χ0) is 13.9. The molecule has 1 aromatic heterocycles. The van der Waals surface area contributed by atoms with Gasteiger partial charge in [-0.25, -0.2) is 0 Å². The van der Waals surface area contributed by atoms with Crippen LogP contribution in [0.2, 0.25) is 5.02 Å². The second-order valence-corrected chi connectivity index (χ2v) is 5.88. The number of halogens is 1. The lowest BCUT2D eigenvalue weighted by molar-refractivity contribution is -0.131. The van der Waals surface area contributed by atoms with Gasteiger partial charge in [0.1, 0.15) is 6.54 Å². The smallest absolute Gasteiger partial charge is 0.242 e. The third-order valence-corrected chi connectivity index (χ3v) is 4.23. The first-order chi connectivity index (χ1) is 9.74. The van der Waals surface area contributed by atoms with Gasteiger partial charge in [-0.05, 0) is 37.1 Å². The predicted molar refractivity (Wildman–Crippen MR) is 82.0 cm³/mol. The van der Waals surface area contributed by atoms with E-state index < -0.39 is 0 Å². The molecule has 1 aromatic carbocycles. The van der Waals surface area contributed by atoms with Gasteiger partial charge in [-0.15, -0.1) is 0 Å². The molecule has 0 unspecified atom stereocenters. The van der Waals surface area contributed by atoms with Crippen LogP contribution in [0, 0.1) is 0 Å². The molecule has 3 rings (SSSR count). The standard InChI is InChI=1S/C16H19ClN2O/c17-14-5-6-15-13(11-14)7-10-19(15)12-16(20)18-8-3-1-2-4-9-18/h5-7,10-11H,1-4,8-9,12H2. The average Bonchev–Trinajstić information content (AvgIpc) is 2.66. The molecule has 2 aromatic rings. The van der Waals surface area contributed by atoms with Crippen molar-refractivity contribution in [1.82, 2.24) is 9.47 Å². The second-order valence-electron chi connectivity index (χ2n) is 5.44. The molecule has 1 aliphatic heterocycles. The topological polar surface area (TPSA) is 25.2 Å². The first-order valence-electron chi connectivity index (χ1n) is 7.26. The number of carbonyl (C=O) groups is 1. The zero-order valence-electron chi connectivity index (χ0n) is 11.5. The van der Waals surface area contributed by atoms with Gasteiger partial charge in [0.15, 0.2) is 0 Å². The Labute approximate surface area is 124 Å². The minimum Gasteiger partial charge on any atom is -0.341 e. The molecular formula is C16H19ClN2O. The van der Waals surface area contributed by atoms with E-state index in [9.17, 15) is 4.79 Å². The molecule has 0 radical (unpaired) electrons. The van der Waals surface area contributed by atoms with Crippen LogP contribution in [-0.2, 0) is 11.3 Å². The first-order valence-corrected chi connectivity index (χ1v) is 7.64. The van der Waals surface area contributed by atoms with Crippen molar-refractivity contribution in [3.8, 4) is 0 Å². The van der Waals surface area contributed by atoms with Gasteiger partial charge in [0.05, 0.1) is 0 Å². The summed E-state index contributed by atoms with van der Waals surface area (Å²) in [5.74, 6) is 0.222. The van der Waals surface area contributed by atoms with Crippen molar-refractivity contribution >= 4 is 28.4 Å². The maximum absolute atomic E-state index is 12.4. The normalized spacial score (nSPS) is 16.4. The SMILES string of the molecule is O=C(Cn1ccc2cc(Cl)ccc21)N1CCCCCC1. The van der Waals surface area contributed by atoms with Gasteiger partial charge in [-0.1, -0.05) is 24.4 Å². The maximum atomic E-state index is 12.4. The fraction of sp³-hybridized carbons (Fsp3) is 0.438. The van der Waals surface area contributed by atoms with Crippen molar-refractivity contribution in [1.29, 1.82) is 0 Å². The summed E-state index contributed by atoms with van der Waals surface area (Å²) in [6, 6.07) is 7.80. The summed E-state index contributed by atoms with van der Waals surface area (Å²) in [5.41, 5.74) is 1.07. The van der Waals surface area contributed by atoms with E-state index >= 15 is 0 Å². The molecule has 3 nitrogen and oxygen atoms in total. The van der Waals surface area contributed by atoms with E-state index in [1.807, 2.05) is 39.9 Å². The fourth-order valence-electron chi connectivity index (χ4n) is 2.87. The quantitative estimate of drug-likeness (QED) is 0.828. The summed E-state index contributed by atoms with van der Waals surface area (Å²) in [5, 5.41) is 1.82. The van der Waals surface area contributed by atoms with E-state index in [2.05, 4.69) is 0 Å². The van der Waals surface area contributed by atoms with Gasteiger partial charge in [-0.3, -0.25) is 4.79 Å². The predicted octanol–water partition coefficient (Wildman–Crippen LogP) is 3.70. The van der Waals surface area contributed by atoms with Crippen LogP contribution in [0.3, 0.4) is 0 Å². The zero-order valence-corrected chi connectivity index (χ0v) is 12.3. The molecule has 2 heterocycles. The van der Waals surface area contributed by atoms with E-state index in [0.717, 1.165) is 41.9 Å². The Morgan fingerprint density at radius 1 is 1.10 bits per heavy atom. The lowest BCUT2D eigenvalue weighted by Gasteiger charge is -2.20. The van der Waals surface area contributed by atoms with Crippen molar-refractivity contribution < 1.29 is 4.79 Å². The van der Waals surface area contributed by atoms with E-state index in [1.165, 1.54) is 12.8 Å². The highest BCUT2D eigenvalue weighted by Crippen LogP contribution is 2.21. The highest BCUT2D eigenvalue weighted by atomic mass is 35.5. The molecule has 106 valence electrons. The summed E-state index contributed by atoms with van der Waals surface area (Å²) in [4.78, 5) is 14.4. The van der Waals surface area contributed by atoms with E-state index in [-0.39, 0.29) is 5.91 Å². The largest absolute Gasteiger partial charge is 0.341 e. The monoisotopic (exact) mass is 290 g/mol. The Balaban J connectivity index is 1.76. The van der Waals surface area contributed by atoms with Crippen LogP contribution >= 0.6 is 11.6 Å². The average molecular weight is 291 g/mol. The van der Waals surface area contributed by atoms with E-state index in [4.69, 9.17) is 11.6 Å². The number of hydrogen-bond acceptors (Lipinski definition) is 1. The number of carbonyl (C=O) groups excluding carboxylic acids is 1. The number of nitrogens with zero attached hydrogens (tertiary/aromatic N) is 2. The molecule has 1 aliphatic rings. The van der Waals surface area contributed by atoms with Gasteiger partial charge in [0.2, 0.25) is 5.91 Å². The highest BCUT2D eigenvalue weighted by Gasteiger charge is 2.16. The lowest BCUT2D eigenvalue weighted by atomic mass is 10.2. The molecule has 0 aliphatic carbocycles. The Morgan fingerprint density at radius 2 is 1.85 bits per heavy atom. The summed E-state index contributed by atoms with van der Waals surface area (Å²) in [6.45, 7) is 2.23. The highest BCUT2D eigenvalue weighted by molar-refractivity contribution is 6.31. The number of benzene rings is 1. The first kappa shape index (κ1) is 13.5. The van der Waals surface area contributed by atoms with Gasteiger partial charge < -0.3 is 9.47 Å². The summed E-state index contributed by atoms with van der Waals surface area (Å²) in [6.07, 6.45) is 6.72. The second kappa shape index (κ2) is 5.88. The van der Waals surface area contributed by atoms with Crippen LogP contribution in [0.15, 0.2) is 30.5 Å². The Bertz CT molecular complexity index is 612. The van der Waals surface area contributed by atoms with Crippen LogP contribution in [0.4, 0.5) is 0 Å². The minimum atomic E-state index is 0.222. The number of hydrogen-bond donors (Lipinski definition) is 0. The van der Waals surface area contributed by atoms with Crippen molar-refractivity contribution in [3.05, 3.63) is 35.5 Å². The molecule has 0 bridgehead atoms. The van der Waals surface area contributed by atoms with E-state index in [1.54, 1.807) is 0 Å². The molecule has 0 spiro atoms. The molecule has 1 amide bonds. The van der Waals surface area contributed by atoms with Gasteiger partial charge >= 0.3 is 0 Å². The van der Waals surface area contributed by atoms with Crippen molar-refractivity contribution in [3.63, 3.8) is 0 Å². The number of likely N-dealkylation sites (tertiary alicyclic amines) is 1. The van der Waals surface area contributed by atoms with E-state index in [0.29, 0.717) is 6.54 Å². The Kier molecular flexibility index (Phi) is 3.97. The van der Waals surface area contributed by atoms with Crippen LogP contribution in [0.25, 0.3) is 10.9 Å². The number of amides is 1. The molecule has 0 atom stereocenters. The molecule has 0 saturated carbocycles. The molecule has 1 fully saturated rings. The van der Waals surface area contributed by atoms with Crippen LogP contribution in [0.1, 0.15) is 25.7 Å². The van der Waals surface area contributed by atoms with Crippen molar-refractivity contribution in [2.24, 2.45) is 0 Å². The van der Waals surface area contributed by atoms with Crippen molar-refractivity contribution in [2.45, 2.75) is 32.2 Å². The molecule has 0 N–H and O–H groups in total. The van der Waals surface area contributed by atoms with Crippen LogP contribution in [0.5, 0.6) is 0 Å². The maximum Gasteiger partial charge on any atom is 0.242 e. The molecular weight excluding hydrogens is 272 g/mol. The molecule has 4 heteroatoms. The summed E-state index contributed by atoms with van der Waals surface area (Å²) >= 11 is 5.99. The van der Waals surface area contributed by atoms with Gasteiger partial charge in [0, 0.05) is 35.2 Å². The fourth-order valence-corrected chi connectivity index (χ4v) is 3.06. The third kappa shape index (κ3) is 2.83. The summed E-state index contributed by atoms with van der Waals surface area (Å²) < 4.78 is 2.01. The Morgan fingerprint density at radius 3 is 2.60 bits per heavy atom. The number of aromatic nitrogens is 1. The third-order valence-electron chi connectivity index (χ3n) is 4.00. The Hall–Kier alpha value is -1.48. The number of rotatable bonds is 2.